The number of carbonyl (C=O) groups excluding carboxylic acids is 1. The molecule has 2 aromatic rings. The third kappa shape index (κ3) is 9.29. The van der Waals surface area contributed by atoms with Crippen LogP contribution in [0.15, 0.2) is 42.6 Å². The van der Waals surface area contributed by atoms with Crippen LogP contribution >= 0.6 is 0 Å². The van der Waals surface area contributed by atoms with Gasteiger partial charge in [0.2, 0.25) is 0 Å². The summed E-state index contributed by atoms with van der Waals surface area (Å²) in [7, 11) is 0. The standard InChI is InChI=1S/C33H46N2O2/c1-3-5-7-9-11-13-27-14-19-31(35-25-27)28-15-17-30(18-16-28)37-32(36)29-20-23-33(26-34,24-21-29)22-12-10-8-6-4-2/h14-19,25,29H,3-13,20-24H2,1-2H3. The number of aryl methyl sites for hydroxylation is 1. The molecule has 0 unspecified atom stereocenters. The second kappa shape index (κ2) is 15.6. The number of nitrogens with zero attached hydrogens (tertiary/aromatic N) is 2. The van der Waals surface area contributed by atoms with Gasteiger partial charge in [0.15, 0.2) is 0 Å². The smallest absolute Gasteiger partial charge is 0.314 e. The van der Waals surface area contributed by atoms with Crippen LogP contribution in [-0.2, 0) is 11.2 Å². The molecule has 3 rings (SSSR count). The second-order valence-corrected chi connectivity index (χ2v) is 11.0. The number of carbonyl (C=O) groups is 1. The minimum Gasteiger partial charge on any atom is -0.426 e. The van der Waals surface area contributed by atoms with Gasteiger partial charge in [0.25, 0.3) is 0 Å². The second-order valence-electron chi connectivity index (χ2n) is 11.0. The maximum Gasteiger partial charge on any atom is 0.314 e. The number of nitriles is 1. The molecular formula is C33H46N2O2. The summed E-state index contributed by atoms with van der Waals surface area (Å²) in [6.07, 6.45) is 19.6. The van der Waals surface area contributed by atoms with E-state index in [0.29, 0.717) is 5.75 Å². The van der Waals surface area contributed by atoms with Crippen LogP contribution in [0.5, 0.6) is 5.75 Å². The molecule has 1 aromatic carbocycles. The van der Waals surface area contributed by atoms with E-state index in [1.165, 1.54) is 63.4 Å². The molecule has 200 valence electrons. The first-order valence-corrected chi connectivity index (χ1v) is 14.8. The van der Waals surface area contributed by atoms with Gasteiger partial charge in [-0.15, -0.1) is 0 Å². The van der Waals surface area contributed by atoms with Crippen LogP contribution in [0.3, 0.4) is 0 Å². The SMILES string of the molecule is CCCCCCCc1ccc(-c2ccc(OC(=O)C3CCC(C#N)(CCCCCCC)CC3)cc2)nc1. The zero-order valence-corrected chi connectivity index (χ0v) is 23.1. The van der Waals surface area contributed by atoms with E-state index in [1.807, 2.05) is 30.5 Å². The van der Waals surface area contributed by atoms with Gasteiger partial charge in [0, 0.05) is 11.8 Å². The topological polar surface area (TPSA) is 63.0 Å². The highest BCUT2D eigenvalue weighted by Crippen LogP contribution is 2.43. The molecule has 1 aliphatic rings. The van der Waals surface area contributed by atoms with Crippen LogP contribution in [0.25, 0.3) is 11.3 Å². The monoisotopic (exact) mass is 502 g/mol. The molecule has 4 heteroatoms. The molecule has 0 radical (unpaired) electrons. The van der Waals surface area contributed by atoms with Crippen LogP contribution in [0.2, 0.25) is 0 Å². The maximum absolute atomic E-state index is 12.8. The van der Waals surface area contributed by atoms with Crippen molar-refractivity contribution < 1.29 is 9.53 Å². The Morgan fingerprint density at radius 1 is 0.919 bits per heavy atom. The number of rotatable bonds is 15. The number of unbranched alkanes of at least 4 members (excludes halogenated alkanes) is 8. The quantitative estimate of drug-likeness (QED) is 0.138. The lowest BCUT2D eigenvalue weighted by Crippen LogP contribution is -2.31. The molecule has 0 aliphatic heterocycles. The number of aromatic nitrogens is 1. The van der Waals surface area contributed by atoms with Gasteiger partial charge in [0.1, 0.15) is 5.75 Å². The van der Waals surface area contributed by atoms with Gasteiger partial charge in [0.05, 0.1) is 23.1 Å². The maximum atomic E-state index is 12.8. The summed E-state index contributed by atoms with van der Waals surface area (Å²) in [5, 5.41) is 9.83. The van der Waals surface area contributed by atoms with E-state index in [9.17, 15) is 10.1 Å². The highest BCUT2D eigenvalue weighted by molar-refractivity contribution is 5.75. The van der Waals surface area contributed by atoms with Crippen molar-refractivity contribution >= 4 is 5.97 Å². The number of hydrogen-bond acceptors (Lipinski definition) is 4. The first-order valence-electron chi connectivity index (χ1n) is 14.8. The van der Waals surface area contributed by atoms with Crippen LogP contribution in [0.1, 0.15) is 116 Å². The molecule has 37 heavy (non-hydrogen) atoms. The molecule has 0 saturated heterocycles. The van der Waals surface area contributed by atoms with Crippen molar-refractivity contribution in [1.29, 1.82) is 5.26 Å². The zero-order valence-electron chi connectivity index (χ0n) is 23.1. The summed E-state index contributed by atoms with van der Waals surface area (Å²) in [4.78, 5) is 17.5. The summed E-state index contributed by atoms with van der Waals surface area (Å²) >= 11 is 0. The Labute approximate surface area is 224 Å². The predicted molar refractivity (Wildman–Crippen MR) is 151 cm³/mol. The van der Waals surface area contributed by atoms with Gasteiger partial charge in [-0.2, -0.15) is 5.26 Å². The highest BCUT2D eigenvalue weighted by atomic mass is 16.5. The van der Waals surface area contributed by atoms with Crippen molar-refractivity contribution in [1.82, 2.24) is 4.98 Å². The molecule has 0 atom stereocenters. The summed E-state index contributed by atoms with van der Waals surface area (Å²) in [5.74, 6) is 0.298. The van der Waals surface area contributed by atoms with Gasteiger partial charge in [-0.3, -0.25) is 9.78 Å². The number of benzene rings is 1. The molecular weight excluding hydrogens is 456 g/mol. The zero-order chi connectivity index (χ0) is 26.3. The van der Waals surface area contributed by atoms with Crippen LogP contribution < -0.4 is 4.74 Å². The molecule has 0 bridgehead atoms. The van der Waals surface area contributed by atoms with E-state index in [1.54, 1.807) is 0 Å². The summed E-state index contributed by atoms with van der Waals surface area (Å²) in [6, 6.07) is 14.5. The van der Waals surface area contributed by atoms with Crippen LogP contribution in [0.4, 0.5) is 0 Å². The van der Waals surface area contributed by atoms with Gasteiger partial charge < -0.3 is 4.74 Å². The Morgan fingerprint density at radius 3 is 2.16 bits per heavy atom. The predicted octanol–water partition coefficient (Wildman–Crippen LogP) is 9.23. The Morgan fingerprint density at radius 2 is 1.57 bits per heavy atom. The van der Waals surface area contributed by atoms with Crippen molar-refractivity contribution in [3.05, 3.63) is 48.2 Å². The molecule has 1 aromatic heterocycles. The van der Waals surface area contributed by atoms with Crippen LogP contribution in [-0.4, -0.2) is 11.0 Å². The molecule has 1 saturated carbocycles. The number of hydrogen-bond donors (Lipinski definition) is 0. The van der Waals surface area contributed by atoms with Gasteiger partial charge in [-0.25, -0.2) is 0 Å². The highest BCUT2D eigenvalue weighted by Gasteiger charge is 2.37. The molecule has 1 heterocycles. The minimum absolute atomic E-state index is 0.113. The van der Waals surface area contributed by atoms with Crippen molar-refractivity contribution in [2.24, 2.45) is 11.3 Å². The first-order chi connectivity index (χ1) is 18.1. The molecule has 4 nitrogen and oxygen atoms in total. The van der Waals surface area contributed by atoms with E-state index < -0.39 is 0 Å². The van der Waals surface area contributed by atoms with Gasteiger partial charge in [-0.1, -0.05) is 77.7 Å². The van der Waals surface area contributed by atoms with E-state index in [-0.39, 0.29) is 17.3 Å². The van der Waals surface area contributed by atoms with Crippen molar-refractivity contribution in [2.45, 2.75) is 117 Å². The molecule has 1 aliphatic carbocycles. The van der Waals surface area contributed by atoms with Crippen LogP contribution in [0, 0.1) is 22.7 Å². The first kappa shape index (κ1) is 28.9. The van der Waals surface area contributed by atoms with Crippen molar-refractivity contribution in [3.63, 3.8) is 0 Å². The van der Waals surface area contributed by atoms with E-state index in [2.05, 4.69) is 37.0 Å². The average Bonchev–Trinajstić information content (AvgIpc) is 2.94. The summed E-state index contributed by atoms with van der Waals surface area (Å²) < 4.78 is 5.72. The van der Waals surface area contributed by atoms with E-state index in [0.717, 1.165) is 56.2 Å². The fourth-order valence-electron chi connectivity index (χ4n) is 5.46. The lowest BCUT2D eigenvalue weighted by Gasteiger charge is -2.34. The lowest BCUT2D eigenvalue weighted by molar-refractivity contribution is -0.140. The average molecular weight is 503 g/mol. The van der Waals surface area contributed by atoms with E-state index in [4.69, 9.17) is 4.74 Å². The molecule has 1 fully saturated rings. The van der Waals surface area contributed by atoms with Crippen molar-refractivity contribution in [3.8, 4) is 23.1 Å². The van der Waals surface area contributed by atoms with E-state index >= 15 is 0 Å². The normalized spacial score (nSPS) is 19.3. The Balaban J connectivity index is 1.44. The number of pyridine rings is 1. The van der Waals surface area contributed by atoms with Crippen molar-refractivity contribution in [2.75, 3.05) is 0 Å². The fraction of sp³-hybridized carbons (Fsp3) is 0.606. The summed E-state index contributed by atoms with van der Waals surface area (Å²) in [6.45, 7) is 4.46. The minimum atomic E-state index is -0.248. The number of esters is 1. The largest absolute Gasteiger partial charge is 0.426 e. The van der Waals surface area contributed by atoms with Gasteiger partial charge in [-0.05, 0) is 80.8 Å². The Kier molecular flexibility index (Phi) is 12.1. The Hall–Kier alpha value is -2.67. The molecule has 0 spiro atoms. The number of ether oxygens (including phenoxy) is 1. The third-order valence-electron chi connectivity index (χ3n) is 8.03. The fourth-order valence-corrected chi connectivity index (χ4v) is 5.46. The summed E-state index contributed by atoms with van der Waals surface area (Å²) in [5.41, 5.74) is 2.99. The molecule has 0 N–H and O–H groups in total. The third-order valence-corrected chi connectivity index (χ3v) is 8.03. The lowest BCUT2D eigenvalue weighted by atomic mass is 9.69. The molecule has 0 amide bonds. The Bertz CT molecular complexity index is 967. The van der Waals surface area contributed by atoms with Gasteiger partial charge >= 0.3 is 5.97 Å².